The Bertz CT molecular complexity index is 480. The third kappa shape index (κ3) is 4.70. The van der Waals surface area contributed by atoms with Crippen LogP contribution in [-0.2, 0) is 18.3 Å². The van der Waals surface area contributed by atoms with Gasteiger partial charge in [-0.15, -0.1) is 10.2 Å². The van der Waals surface area contributed by atoms with Crippen LogP contribution >= 0.6 is 0 Å². The molecule has 118 valence electrons. The highest BCUT2D eigenvalue weighted by molar-refractivity contribution is 5.79. The Morgan fingerprint density at radius 2 is 2.24 bits per heavy atom. The number of aromatic nitrogens is 3. The van der Waals surface area contributed by atoms with Crippen molar-refractivity contribution in [3.8, 4) is 0 Å². The lowest BCUT2D eigenvalue weighted by molar-refractivity contribution is 0.115. The minimum absolute atomic E-state index is 0.608. The fourth-order valence-corrected chi connectivity index (χ4v) is 1.99. The molecule has 1 aliphatic carbocycles. The average molecular weight is 294 g/mol. The van der Waals surface area contributed by atoms with Gasteiger partial charge in [-0.05, 0) is 25.7 Å². The molecule has 0 aromatic carbocycles. The zero-order valence-corrected chi connectivity index (χ0v) is 13.5. The summed E-state index contributed by atoms with van der Waals surface area (Å²) in [6.45, 7) is 5.00. The van der Waals surface area contributed by atoms with E-state index in [1.54, 1.807) is 7.05 Å². The summed E-state index contributed by atoms with van der Waals surface area (Å²) in [5, 5.41) is 11.5. The molecule has 7 heteroatoms. The first kappa shape index (κ1) is 15.8. The second-order valence-corrected chi connectivity index (χ2v) is 5.56. The van der Waals surface area contributed by atoms with Gasteiger partial charge in [0.05, 0.1) is 13.2 Å². The first-order chi connectivity index (χ1) is 10.1. The van der Waals surface area contributed by atoms with Gasteiger partial charge in [-0.25, -0.2) is 0 Å². The predicted molar refractivity (Wildman–Crippen MR) is 82.1 cm³/mol. The third-order valence-corrected chi connectivity index (χ3v) is 3.78. The molecule has 1 fully saturated rings. The summed E-state index contributed by atoms with van der Waals surface area (Å²) >= 11 is 0. The van der Waals surface area contributed by atoms with Gasteiger partial charge in [0.2, 0.25) is 0 Å². The van der Waals surface area contributed by atoms with Crippen LogP contribution in [0.4, 0.5) is 0 Å². The molecule has 2 rings (SSSR count). The topological polar surface area (TPSA) is 67.6 Å². The van der Waals surface area contributed by atoms with E-state index >= 15 is 0 Å². The Hall–Kier alpha value is -1.63. The molecular formula is C14H26N6O. The maximum Gasteiger partial charge on any atom is 0.193 e. The molecule has 0 atom stereocenters. The zero-order valence-electron chi connectivity index (χ0n) is 13.5. The predicted octanol–water partition coefficient (Wildman–Crippen LogP) is 0.557. The molecule has 7 nitrogen and oxygen atoms in total. The van der Waals surface area contributed by atoms with Crippen LogP contribution in [0.2, 0.25) is 0 Å². The van der Waals surface area contributed by atoms with E-state index in [1.807, 2.05) is 25.6 Å². The van der Waals surface area contributed by atoms with Gasteiger partial charge in [0.1, 0.15) is 5.82 Å². The number of nitrogens with one attached hydrogen (secondary N) is 1. The first-order valence-corrected chi connectivity index (χ1v) is 7.46. The van der Waals surface area contributed by atoms with E-state index in [1.165, 1.54) is 12.8 Å². The number of rotatable bonds is 7. The third-order valence-electron chi connectivity index (χ3n) is 3.78. The van der Waals surface area contributed by atoms with Crippen LogP contribution in [0.15, 0.2) is 4.99 Å². The fraction of sp³-hybridized carbons (Fsp3) is 0.786. The number of likely N-dealkylation sites (N-methyl/N-ethyl adjacent to an activating group) is 1. The molecule has 0 spiro atoms. The van der Waals surface area contributed by atoms with Crippen LogP contribution in [-0.4, -0.2) is 59.5 Å². The number of aryl methyl sites for hydroxylation is 1. The van der Waals surface area contributed by atoms with Crippen molar-refractivity contribution in [1.29, 1.82) is 0 Å². The Kier molecular flexibility index (Phi) is 5.55. The van der Waals surface area contributed by atoms with Crippen molar-refractivity contribution in [2.45, 2.75) is 26.3 Å². The van der Waals surface area contributed by atoms with Crippen molar-refractivity contribution in [2.75, 3.05) is 33.9 Å². The Morgan fingerprint density at radius 1 is 1.48 bits per heavy atom. The molecule has 1 aromatic heterocycles. The lowest BCUT2D eigenvalue weighted by atomic mass is 10.5. The van der Waals surface area contributed by atoms with Crippen molar-refractivity contribution in [3.05, 3.63) is 11.6 Å². The SMILES string of the molecule is CN=C(NCc1nnc(C)n1C)N(C)CCOCC1CC1. The Balaban J connectivity index is 1.72. The standard InChI is InChI=1S/C14H26N6O/c1-11-17-18-13(20(11)4)9-16-14(15-2)19(3)7-8-21-10-12-5-6-12/h12H,5-10H2,1-4H3,(H,15,16). The van der Waals surface area contributed by atoms with Gasteiger partial charge < -0.3 is 19.5 Å². The fourth-order valence-electron chi connectivity index (χ4n) is 1.99. The zero-order chi connectivity index (χ0) is 15.2. The molecule has 1 saturated carbocycles. The van der Waals surface area contributed by atoms with E-state index in [9.17, 15) is 0 Å². The van der Waals surface area contributed by atoms with Gasteiger partial charge >= 0.3 is 0 Å². The van der Waals surface area contributed by atoms with Crippen LogP contribution in [0.5, 0.6) is 0 Å². The van der Waals surface area contributed by atoms with Crippen molar-refractivity contribution in [3.63, 3.8) is 0 Å². The quantitative estimate of drug-likeness (QED) is 0.452. The van der Waals surface area contributed by atoms with E-state index in [0.29, 0.717) is 6.54 Å². The number of hydrogen-bond donors (Lipinski definition) is 1. The normalized spacial score (nSPS) is 15.3. The van der Waals surface area contributed by atoms with Crippen molar-refractivity contribution >= 4 is 5.96 Å². The van der Waals surface area contributed by atoms with Crippen LogP contribution < -0.4 is 5.32 Å². The molecule has 0 saturated heterocycles. The number of guanidine groups is 1. The monoisotopic (exact) mass is 294 g/mol. The average Bonchev–Trinajstić information content (AvgIpc) is 3.25. The summed E-state index contributed by atoms with van der Waals surface area (Å²) in [5.74, 6) is 3.45. The van der Waals surface area contributed by atoms with Crippen molar-refractivity contribution < 1.29 is 4.74 Å². The van der Waals surface area contributed by atoms with Gasteiger partial charge in [-0.1, -0.05) is 0 Å². The summed E-state index contributed by atoms with van der Waals surface area (Å²) in [7, 11) is 5.76. The Morgan fingerprint density at radius 3 is 2.81 bits per heavy atom. The minimum atomic E-state index is 0.608. The number of aliphatic imine (C=N–C) groups is 1. The van der Waals surface area contributed by atoms with Crippen molar-refractivity contribution in [1.82, 2.24) is 25.0 Å². The first-order valence-electron chi connectivity index (χ1n) is 7.46. The minimum Gasteiger partial charge on any atom is -0.379 e. The van der Waals surface area contributed by atoms with Crippen molar-refractivity contribution in [2.24, 2.45) is 18.0 Å². The molecule has 1 aromatic rings. The van der Waals surface area contributed by atoms with Gasteiger partial charge in [0.25, 0.3) is 0 Å². The van der Waals surface area contributed by atoms with Crippen LogP contribution in [0.25, 0.3) is 0 Å². The highest BCUT2D eigenvalue weighted by Crippen LogP contribution is 2.28. The number of nitrogens with zero attached hydrogens (tertiary/aromatic N) is 5. The molecule has 1 heterocycles. The second-order valence-electron chi connectivity index (χ2n) is 5.56. The van der Waals surface area contributed by atoms with Gasteiger partial charge in [0.15, 0.2) is 11.8 Å². The molecule has 0 amide bonds. The van der Waals surface area contributed by atoms with E-state index in [4.69, 9.17) is 4.74 Å². The highest BCUT2D eigenvalue weighted by Gasteiger charge is 2.21. The maximum atomic E-state index is 5.66. The number of hydrogen-bond acceptors (Lipinski definition) is 4. The van der Waals surface area contributed by atoms with Gasteiger partial charge in [-0.2, -0.15) is 0 Å². The van der Waals surface area contributed by atoms with E-state index in [2.05, 4.69) is 25.4 Å². The molecule has 1 N–H and O–H groups in total. The van der Waals surface area contributed by atoms with Crippen LogP contribution in [0.1, 0.15) is 24.5 Å². The largest absolute Gasteiger partial charge is 0.379 e. The summed E-state index contributed by atoms with van der Waals surface area (Å²) in [4.78, 5) is 6.35. The maximum absolute atomic E-state index is 5.66. The second kappa shape index (κ2) is 7.40. The Labute approximate surface area is 126 Å². The summed E-state index contributed by atoms with van der Waals surface area (Å²) < 4.78 is 7.63. The van der Waals surface area contributed by atoms with E-state index < -0.39 is 0 Å². The molecule has 0 aliphatic heterocycles. The molecule has 0 radical (unpaired) electrons. The molecule has 1 aliphatic rings. The van der Waals surface area contributed by atoms with Crippen LogP contribution in [0.3, 0.4) is 0 Å². The highest BCUT2D eigenvalue weighted by atomic mass is 16.5. The van der Waals surface area contributed by atoms with Crippen LogP contribution in [0, 0.1) is 12.8 Å². The molecule has 0 unspecified atom stereocenters. The lowest BCUT2D eigenvalue weighted by Crippen LogP contribution is -2.40. The molecule has 0 bridgehead atoms. The number of ether oxygens (including phenoxy) is 1. The lowest BCUT2D eigenvalue weighted by Gasteiger charge is -2.21. The van der Waals surface area contributed by atoms with Gasteiger partial charge in [-0.3, -0.25) is 4.99 Å². The molecular weight excluding hydrogens is 268 g/mol. The summed E-state index contributed by atoms with van der Waals surface area (Å²) in [6.07, 6.45) is 2.66. The molecule has 21 heavy (non-hydrogen) atoms. The van der Waals surface area contributed by atoms with E-state index in [0.717, 1.165) is 43.3 Å². The smallest absolute Gasteiger partial charge is 0.193 e. The van der Waals surface area contributed by atoms with Gasteiger partial charge in [0, 0.05) is 34.3 Å². The van der Waals surface area contributed by atoms with E-state index in [-0.39, 0.29) is 0 Å². The summed E-state index contributed by atoms with van der Waals surface area (Å²) in [6, 6.07) is 0. The summed E-state index contributed by atoms with van der Waals surface area (Å²) in [5.41, 5.74) is 0.